The summed E-state index contributed by atoms with van der Waals surface area (Å²) in [7, 11) is 0. The van der Waals surface area contributed by atoms with Gasteiger partial charge >= 0.3 is 0 Å². The lowest BCUT2D eigenvalue weighted by molar-refractivity contribution is 0.869. The number of nitrogens with one attached hydrogen (secondary N) is 1. The van der Waals surface area contributed by atoms with E-state index in [1.165, 1.54) is 71.9 Å². The standard InChI is InChI=1S/C31H31N/c1-18(2)23-13-14-24-17-27-26(16-25(24)15-23)30(28-19(3)9-7-10-20(28)4)31(32-27)29-21(5)11-8-12-22(29)6/h7-18,32H,1-6H3. The van der Waals surface area contributed by atoms with E-state index in [-0.39, 0.29) is 0 Å². The zero-order chi connectivity index (χ0) is 22.6. The normalized spacial score (nSPS) is 11.7. The zero-order valence-electron chi connectivity index (χ0n) is 19.9. The van der Waals surface area contributed by atoms with Crippen LogP contribution in [0.5, 0.6) is 0 Å². The highest BCUT2D eigenvalue weighted by Gasteiger charge is 2.21. The molecule has 32 heavy (non-hydrogen) atoms. The van der Waals surface area contributed by atoms with Crippen LogP contribution in [0.4, 0.5) is 0 Å². The van der Waals surface area contributed by atoms with Crippen LogP contribution in [-0.2, 0) is 0 Å². The molecule has 1 heterocycles. The molecule has 0 bridgehead atoms. The smallest absolute Gasteiger partial charge is 0.0550 e. The summed E-state index contributed by atoms with van der Waals surface area (Å²) in [6.45, 7) is 13.4. The third-order valence-corrected chi connectivity index (χ3v) is 6.91. The molecule has 160 valence electrons. The Morgan fingerprint density at radius 2 is 1.19 bits per heavy atom. The topological polar surface area (TPSA) is 15.8 Å². The fraction of sp³-hybridized carbons (Fsp3) is 0.226. The van der Waals surface area contributed by atoms with E-state index in [1.807, 2.05) is 0 Å². The summed E-state index contributed by atoms with van der Waals surface area (Å²) in [5.41, 5.74) is 13.0. The van der Waals surface area contributed by atoms with Crippen LogP contribution in [0.3, 0.4) is 0 Å². The maximum Gasteiger partial charge on any atom is 0.0550 e. The second kappa shape index (κ2) is 7.67. The van der Waals surface area contributed by atoms with Crippen LogP contribution in [0.15, 0.2) is 66.7 Å². The Morgan fingerprint density at radius 3 is 1.78 bits per heavy atom. The zero-order valence-corrected chi connectivity index (χ0v) is 19.9. The number of rotatable bonds is 3. The van der Waals surface area contributed by atoms with Crippen LogP contribution >= 0.6 is 0 Å². The van der Waals surface area contributed by atoms with Gasteiger partial charge in [0.2, 0.25) is 0 Å². The van der Waals surface area contributed by atoms with Crippen molar-refractivity contribution in [3.63, 3.8) is 0 Å². The van der Waals surface area contributed by atoms with Crippen molar-refractivity contribution in [1.82, 2.24) is 4.98 Å². The van der Waals surface area contributed by atoms with Gasteiger partial charge < -0.3 is 4.98 Å². The van der Waals surface area contributed by atoms with E-state index in [0.717, 1.165) is 0 Å². The predicted molar refractivity (Wildman–Crippen MR) is 140 cm³/mol. The number of hydrogen-bond donors (Lipinski definition) is 1. The summed E-state index contributed by atoms with van der Waals surface area (Å²) >= 11 is 0. The molecule has 5 rings (SSSR count). The Hall–Kier alpha value is -3.32. The summed E-state index contributed by atoms with van der Waals surface area (Å²) in [5.74, 6) is 0.518. The van der Waals surface area contributed by atoms with E-state index < -0.39 is 0 Å². The molecule has 1 heteroatoms. The van der Waals surface area contributed by atoms with Gasteiger partial charge in [0.25, 0.3) is 0 Å². The molecule has 1 N–H and O–H groups in total. The molecular weight excluding hydrogens is 386 g/mol. The summed E-state index contributed by atoms with van der Waals surface area (Å²) in [5, 5.41) is 3.89. The first kappa shape index (κ1) is 20.6. The molecule has 0 aliphatic heterocycles. The van der Waals surface area contributed by atoms with Crippen LogP contribution in [0, 0.1) is 27.7 Å². The molecule has 4 aromatic carbocycles. The van der Waals surface area contributed by atoms with Crippen molar-refractivity contribution in [2.75, 3.05) is 0 Å². The van der Waals surface area contributed by atoms with Crippen LogP contribution in [-0.4, -0.2) is 4.98 Å². The van der Waals surface area contributed by atoms with Crippen LogP contribution in [0.1, 0.15) is 47.6 Å². The Balaban J connectivity index is 1.94. The average molecular weight is 418 g/mol. The largest absolute Gasteiger partial charge is 0.354 e. The molecule has 0 spiro atoms. The lowest BCUT2D eigenvalue weighted by Gasteiger charge is -2.15. The van der Waals surface area contributed by atoms with E-state index in [9.17, 15) is 0 Å². The van der Waals surface area contributed by atoms with Crippen LogP contribution in [0.2, 0.25) is 0 Å². The average Bonchev–Trinajstić information content (AvgIpc) is 3.09. The quantitative estimate of drug-likeness (QED) is 0.301. The molecule has 0 unspecified atom stereocenters. The predicted octanol–water partition coefficient (Wildman–Crippen LogP) is 9.01. The number of hydrogen-bond acceptors (Lipinski definition) is 0. The van der Waals surface area contributed by atoms with Gasteiger partial charge in [-0.05, 0) is 89.9 Å². The summed E-state index contributed by atoms with van der Waals surface area (Å²) in [6.07, 6.45) is 0. The third kappa shape index (κ3) is 3.24. The Bertz CT molecular complexity index is 1440. The van der Waals surface area contributed by atoms with Crippen molar-refractivity contribution < 1.29 is 0 Å². The van der Waals surface area contributed by atoms with Gasteiger partial charge in [0.1, 0.15) is 0 Å². The lowest BCUT2D eigenvalue weighted by Crippen LogP contribution is -1.93. The number of fused-ring (bicyclic) bond motifs is 2. The highest BCUT2D eigenvalue weighted by molar-refractivity contribution is 6.10. The first-order valence-corrected chi connectivity index (χ1v) is 11.6. The molecule has 0 saturated heterocycles. The molecule has 0 aliphatic rings. The van der Waals surface area contributed by atoms with Gasteiger partial charge in [-0.1, -0.05) is 68.4 Å². The maximum absolute atomic E-state index is 3.84. The molecule has 0 radical (unpaired) electrons. The molecule has 1 aromatic heterocycles. The van der Waals surface area contributed by atoms with Gasteiger partial charge in [-0.3, -0.25) is 0 Å². The van der Waals surface area contributed by atoms with Gasteiger partial charge in [0.05, 0.1) is 5.69 Å². The minimum absolute atomic E-state index is 0.518. The first-order chi connectivity index (χ1) is 15.3. The fourth-order valence-corrected chi connectivity index (χ4v) is 5.18. The molecule has 0 aliphatic carbocycles. The van der Waals surface area contributed by atoms with E-state index in [0.29, 0.717) is 5.92 Å². The van der Waals surface area contributed by atoms with Crippen molar-refractivity contribution in [2.45, 2.75) is 47.5 Å². The number of aromatic nitrogens is 1. The van der Waals surface area contributed by atoms with Gasteiger partial charge in [-0.2, -0.15) is 0 Å². The van der Waals surface area contributed by atoms with Gasteiger partial charge in [0.15, 0.2) is 0 Å². The van der Waals surface area contributed by atoms with E-state index >= 15 is 0 Å². The minimum Gasteiger partial charge on any atom is -0.354 e. The molecule has 0 saturated carbocycles. The monoisotopic (exact) mass is 417 g/mol. The van der Waals surface area contributed by atoms with Crippen molar-refractivity contribution in [3.05, 3.63) is 94.5 Å². The fourth-order valence-electron chi connectivity index (χ4n) is 5.18. The second-order valence-electron chi connectivity index (χ2n) is 9.57. The second-order valence-corrected chi connectivity index (χ2v) is 9.57. The summed E-state index contributed by atoms with van der Waals surface area (Å²) in [6, 6.07) is 24.8. The van der Waals surface area contributed by atoms with Crippen LogP contribution < -0.4 is 0 Å². The van der Waals surface area contributed by atoms with E-state index in [4.69, 9.17) is 0 Å². The van der Waals surface area contributed by atoms with Gasteiger partial charge in [-0.15, -0.1) is 0 Å². The highest BCUT2D eigenvalue weighted by atomic mass is 14.7. The SMILES string of the molecule is Cc1cccc(C)c1-c1[nH]c2cc3ccc(C(C)C)cc3cc2c1-c1c(C)cccc1C. The Kier molecular flexibility index (Phi) is 4.93. The first-order valence-electron chi connectivity index (χ1n) is 11.6. The Labute approximate surface area is 191 Å². The highest BCUT2D eigenvalue weighted by Crippen LogP contribution is 2.44. The van der Waals surface area contributed by atoms with E-state index in [1.54, 1.807) is 0 Å². The lowest BCUT2D eigenvalue weighted by atomic mass is 9.89. The molecular formula is C31H31N. The van der Waals surface area contributed by atoms with Gasteiger partial charge in [-0.25, -0.2) is 0 Å². The number of aromatic amines is 1. The number of aryl methyl sites for hydroxylation is 4. The minimum atomic E-state index is 0.518. The van der Waals surface area contributed by atoms with Crippen LogP contribution in [0.25, 0.3) is 44.1 Å². The Morgan fingerprint density at radius 1 is 0.594 bits per heavy atom. The number of benzene rings is 4. The summed E-state index contributed by atoms with van der Waals surface area (Å²) < 4.78 is 0. The molecule has 0 atom stereocenters. The van der Waals surface area contributed by atoms with Crippen molar-refractivity contribution >= 4 is 21.7 Å². The molecule has 0 fully saturated rings. The number of H-pyrrole nitrogens is 1. The van der Waals surface area contributed by atoms with E-state index in [2.05, 4.69) is 113 Å². The van der Waals surface area contributed by atoms with Crippen molar-refractivity contribution in [1.29, 1.82) is 0 Å². The van der Waals surface area contributed by atoms with Crippen molar-refractivity contribution in [3.8, 4) is 22.4 Å². The van der Waals surface area contributed by atoms with Crippen molar-refractivity contribution in [2.24, 2.45) is 0 Å². The third-order valence-electron chi connectivity index (χ3n) is 6.91. The molecule has 5 aromatic rings. The molecule has 1 nitrogen and oxygen atoms in total. The molecule has 0 amide bonds. The summed E-state index contributed by atoms with van der Waals surface area (Å²) in [4.78, 5) is 3.84. The maximum atomic E-state index is 3.84. The van der Waals surface area contributed by atoms with Gasteiger partial charge in [0, 0.05) is 22.0 Å².